The molecule has 1 aromatic rings. The number of carbonyl (C=O) groups excluding carboxylic acids is 1. The normalized spacial score (nSPS) is 13.9. The summed E-state index contributed by atoms with van der Waals surface area (Å²) in [5, 5.41) is 5.47. The Morgan fingerprint density at radius 2 is 2.00 bits per heavy atom. The summed E-state index contributed by atoms with van der Waals surface area (Å²) in [5.74, 6) is 0.376. The van der Waals surface area contributed by atoms with E-state index < -0.39 is 17.6 Å². The van der Waals surface area contributed by atoms with Gasteiger partial charge in [0, 0.05) is 7.11 Å². The van der Waals surface area contributed by atoms with Crippen LogP contribution in [0.5, 0.6) is 5.75 Å². The minimum atomic E-state index is -4.49. The average Bonchev–Trinajstić information content (AvgIpc) is 3.32. The SMILES string of the molecule is COCCOc1ccc(C(F)(F)F)cc1NC(=O)CNCC1CC1.Cl. The molecule has 1 saturated carbocycles. The fourth-order valence-electron chi connectivity index (χ4n) is 2.07. The number of ether oxygens (including phenoxy) is 2. The molecule has 0 heterocycles. The van der Waals surface area contributed by atoms with E-state index in [1.165, 1.54) is 13.2 Å². The molecule has 0 aromatic heterocycles. The second-order valence-corrected chi connectivity index (χ2v) is 5.67. The molecule has 0 saturated heterocycles. The Labute approximate surface area is 150 Å². The van der Waals surface area contributed by atoms with Gasteiger partial charge in [-0.2, -0.15) is 13.2 Å². The van der Waals surface area contributed by atoms with Crippen molar-refractivity contribution in [3.8, 4) is 5.75 Å². The van der Waals surface area contributed by atoms with Crippen LogP contribution in [0.2, 0.25) is 0 Å². The van der Waals surface area contributed by atoms with Crippen LogP contribution in [0.1, 0.15) is 18.4 Å². The Hall–Kier alpha value is -1.51. The molecule has 2 N–H and O–H groups in total. The Morgan fingerprint density at radius 1 is 1.28 bits per heavy atom. The summed E-state index contributed by atoms with van der Waals surface area (Å²) in [6, 6.07) is 3.00. The van der Waals surface area contributed by atoms with E-state index in [4.69, 9.17) is 9.47 Å². The maximum absolute atomic E-state index is 12.9. The zero-order valence-electron chi connectivity index (χ0n) is 13.8. The molecule has 0 radical (unpaired) electrons. The lowest BCUT2D eigenvalue weighted by atomic mass is 10.1. The molecular formula is C16H22ClF3N2O3. The van der Waals surface area contributed by atoms with Gasteiger partial charge in [-0.25, -0.2) is 0 Å². The largest absolute Gasteiger partial charge is 0.489 e. The van der Waals surface area contributed by atoms with Crippen LogP contribution in [0.25, 0.3) is 0 Å². The number of hydrogen-bond donors (Lipinski definition) is 2. The van der Waals surface area contributed by atoms with Crippen molar-refractivity contribution in [2.24, 2.45) is 5.92 Å². The molecule has 1 amide bonds. The van der Waals surface area contributed by atoms with Crippen molar-refractivity contribution in [2.45, 2.75) is 19.0 Å². The monoisotopic (exact) mass is 382 g/mol. The molecule has 0 bridgehead atoms. The highest BCUT2D eigenvalue weighted by atomic mass is 35.5. The predicted molar refractivity (Wildman–Crippen MR) is 90.3 cm³/mol. The molecule has 1 aromatic carbocycles. The molecule has 1 fully saturated rings. The fourth-order valence-corrected chi connectivity index (χ4v) is 2.07. The van der Waals surface area contributed by atoms with Gasteiger partial charge < -0.3 is 20.1 Å². The van der Waals surface area contributed by atoms with Crippen LogP contribution in [0.4, 0.5) is 18.9 Å². The van der Waals surface area contributed by atoms with Gasteiger partial charge >= 0.3 is 6.18 Å². The second kappa shape index (κ2) is 9.84. The van der Waals surface area contributed by atoms with Gasteiger partial charge in [-0.15, -0.1) is 12.4 Å². The van der Waals surface area contributed by atoms with Gasteiger partial charge in [-0.3, -0.25) is 4.79 Å². The highest BCUT2D eigenvalue weighted by Crippen LogP contribution is 2.35. The molecule has 0 atom stereocenters. The first-order valence-corrected chi connectivity index (χ1v) is 7.73. The maximum Gasteiger partial charge on any atom is 0.416 e. The van der Waals surface area contributed by atoms with Crippen molar-refractivity contribution in [1.82, 2.24) is 5.32 Å². The Bertz CT molecular complexity index is 566. The zero-order valence-corrected chi connectivity index (χ0v) is 14.6. The van der Waals surface area contributed by atoms with Gasteiger partial charge in [0.2, 0.25) is 5.91 Å². The van der Waals surface area contributed by atoms with E-state index in [1.54, 1.807) is 0 Å². The van der Waals surface area contributed by atoms with Crippen LogP contribution in [-0.4, -0.2) is 39.3 Å². The number of amides is 1. The van der Waals surface area contributed by atoms with E-state index in [1.807, 2.05) is 0 Å². The van der Waals surface area contributed by atoms with Crippen molar-refractivity contribution in [2.75, 3.05) is 38.7 Å². The second-order valence-electron chi connectivity index (χ2n) is 5.67. The third-order valence-electron chi connectivity index (χ3n) is 3.54. The van der Waals surface area contributed by atoms with E-state index in [0.717, 1.165) is 31.5 Å². The van der Waals surface area contributed by atoms with Crippen molar-refractivity contribution < 1.29 is 27.4 Å². The standard InChI is InChI=1S/C16H21F3N2O3.ClH/c1-23-6-7-24-14-5-4-12(16(17,18)19)8-13(14)21-15(22)10-20-9-11-2-3-11;/h4-5,8,11,20H,2-3,6-7,9-10H2,1H3,(H,21,22);1H. The van der Waals surface area contributed by atoms with Gasteiger partial charge in [-0.05, 0) is 43.5 Å². The van der Waals surface area contributed by atoms with E-state index in [0.29, 0.717) is 5.92 Å². The molecule has 1 aliphatic rings. The summed E-state index contributed by atoms with van der Waals surface area (Å²) < 4.78 is 48.8. The number of benzene rings is 1. The third-order valence-corrected chi connectivity index (χ3v) is 3.54. The molecule has 0 aliphatic heterocycles. The van der Waals surface area contributed by atoms with Crippen molar-refractivity contribution >= 4 is 24.0 Å². The van der Waals surface area contributed by atoms with Crippen LogP contribution in [0, 0.1) is 5.92 Å². The quantitative estimate of drug-likeness (QED) is 0.644. The molecular weight excluding hydrogens is 361 g/mol. The van der Waals surface area contributed by atoms with Crippen LogP contribution in [0.3, 0.4) is 0 Å². The van der Waals surface area contributed by atoms with Crippen LogP contribution in [-0.2, 0) is 15.7 Å². The summed E-state index contributed by atoms with van der Waals surface area (Å²) in [6.07, 6.45) is -2.19. The van der Waals surface area contributed by atoms with Crippen molar-refractivity contribution in [1.29, 1.82) is 0 Å². The topological polar surface area (TPSA) is 59.6 Å². The molecule has 9 heteroatoms. The number of halogens is 4. The molecule has 1 aliphatic carbocycles. The smallest absolute Gasteiger partial charge is 0.416 e. The fraction of sp³-hybridized carbons (Fsp3) is 0.562. The highest BCUT2D eigenvalue weighted by molar-refractivity contribution is 5.93. The molecule has 0 unspecified atom stereocenters. The Kier molecular flexibility index (Phi) is 8.47. The van der Waals surface area contributed by atoms with Crippen LogP contribution >= 0.6 is 12.4 Å². The number of anilines is 1. The van der Waals surface area contributed by atoms with E-state index in [2.05, 4.69) is 10.6 Å². The summed E-state index contributed by atoms with van der Waals surface area (Å²) in [6.45, 7) is 1.25. The number of carbonyl (C=O) groups is 1. The molecule has 142 valence electrons. The number of hydrogen-bond acceptors (Lipinski definition) is 4. The molecule has 25 heavy (non-hydrogen) atoms. The predicted octanol–water partition coefficient (Wildman–Crippen LogP) is 3.09. The first-order chi connectivity index (χ1) is 11.4. The lowest BCUT2D eigenvalue weighted by Gasteiger charge is -2.15. The average molecular weight is 383 g/mol. The summed E-state index contributed by atoms with van der Waals surface area (Å²) in [5.41, 5.74) is -0.845. The van der Waals surface area contributed by atoms with Crippen LogP contribution < -0.4 is 15.4 Å². The maximum atomic E-state index is 12.9. The van der Waals surface area contributed by atoms with Crippen molar-refractivity contribution in [3.05, 3.63) is 23.8 Å². The summed E-state index contributed by atoms with van der Waals surface area (Å²) in [7, 11) is 1.49. The van der Waals surface area contributed by atoms with Gasteiger partial charge in [0.25, 0.3) is 0 Å². The van der Waals surface area contributed by atoms with Gasteiger partial charge in [0.05, 0.1) is 24.4 Å². The minimum Gasteiger partial charge on any atom is -0.489 e. The molecule has 2 rings (SSSR count). The minimum absolute atomic E-state index is 0. The number of methoxy groups -OCH3 is 1. The van der Waals surface area contributed by atoms with Crippen molar-refractivity contribution in [3.63, 3.8) is 0 Å². The van der Waals surface area contributed by atoms with E-state index in [-0.39, 0.29) is 43.6 Å². The van der Waals surface area contributed by atoms with E-state index >= 15 is 0 Å². The molecule has 0 spiro atoms. The first-order valence-electron chi connectivity index (χ1n) is 7.73. The number of alkyl halides is 3. The van der Waals surface area contributed by atoms with E-state index in [9.17, 15) is 18.0 Å². The third kappa shape index (κ3) is 7.50. The van der Waals surface area contributed by atoms with Gasteiger partial charge in [-0.1, -0.05) is 0 Å². The first kappa shape index (κ1) is 21.5. The number of rotatable bonds is 9. The zero-order chi connectivity index (χ0) is 17.6. The number of nitrogens with one attached hydrogen (secondary N) is 2. The Morgan fingerprint density at radius 3 is 2.60 bits per heavy atom. The van der Waals surface area contributed by atoms with Gasteiger partial charge in [0.15, 0.2) is 0 Å². The lowest BCUT2D eigenvalue weighted by Crippen LogP contribution is -2.29. The van der Waals surface area contributed by atoms with Crippen LogP contribution in [0.15, 0.2) is 18.2 Å². The molecule has 5 nitrogen and oxygen atoms in total. The summed E-state index contributed by atoms with van der Waals surface area (Å²) >= 11 is 0. The summed E-state index contributed by atoms with van der Waals surface area (Å²) in [4.78, 5) is 11.9. The highest BCUT2D eigenvalue weighted by Gasteiger charge is 2.31. The Balaban J connectivity index is 0.00000312. The van der Waals surface area contributed by atoms with Gasteiger partial charge in [0.1, 0.15) is 12.4 Å². The lowest BCUT2D eigenvalue weighted by molar-refractivity contribution is -0.137.